The van der Waals surface area contributed by atoms with Crippen LogP contribution in [0.15, 0.2) is 73.1 Å². The van der Waals surface area contributed by atoms with Gasteiger partial charge in [0, 0.05) is 12.4 Å². The third-order valence-corrected chi connectivity index (χ3v) is 3.66. The predicted molar refractivity (Wildman–Crippen MR) is 91.5 cm³/mol. The molecule has 1 aromatic heterocycles. The van der Waals surface area contributed by atoms with Crippen LogP contribution in [-0.2, 0) is 11.2 Å². The van der Waals surface area contributed by atoms with Gasteiger partial charge in [0.05, 0.1) is 17.7 Å². The standard InChI is InChI=1S/C19H16FN3O2/c20-16-9-3-1-7-14(16)13-18(24)21-22-19(25)15-8-2-4-10-17(15)23-11-5-6-12-23/h1-12H,13H2,(H,21,24)(H,22,25). The second-order valence-electron chi connectivity index (χ2n) is 5.38. The number of rotatable bonds is 4. The average molecular weight is 337 g/mol. The maximum Gasteiger partial charge on any atom is 0.271 e. The van der Waals surface area contributed by atoms with E-state index in [9.17, 15) is 14.0 Å². The highest BCUT2D eigenvalue weighted by Gasteiger charge is 2.13. The van der Waals surface area contributed by atoms with Crippen molar-refractivity contribution in [3.8, 4) is 5.69 Å². The normalized spacial score (nSPS) is 10.3. The third-order valence-electron chi connectivity index (χ3n) is 3.66. The lowest BCUT2D eigenvalue weighted by molar-refractivity contribution is -0.121. The SMILES string of the molecule is O=C(Cc1ccccc1F)NNC(=O)c1ccccc1-n1cccc1. The number of para-hydroxylation sites is 1. The first-order chi connectivity index (χ1) is 12.1. The molecule has 2 N–H and O–H groups in total. The van der Waals surface area contributed by atoms with Crippen molar-refractivity contribution in [3.05, 3.63) is 90.0 Å². The topological polar surface area (TPSA) is 63.1 Å². The zero-order chi connectivity index (χ0) is 17.6. The minimum atomic E-state index is -0.503. The van der Waals surface area contributed by atoms with Crippen molar-refractivity contribution >= 4 is 11.8 Å². The summed E-state index contributed by atoms with van der Waals surface area (Å²) in [6.07, 6.45) is 3.48. The molecule has 25 heavy (non-hydrogen) atoms. The van der Waals surface area contributed by atoms with Gasteiger partial charge < -0.3 is 4.57 Å². The van der Waals surface area contributed by atoms with E-state index in [1.807, 2.05) is 30.6 Å². The number of benzene rings is 2. The summed E-state index contributed by atoms with van der Waals surface area (Å²) in [5, 5.41) is 0. The number of hydrogen-bond donors (Lipinski definition) is 2. The van der Waals surface area contributed by atoms with Crippen LogP contribution in [0.3, 0.4) is 0 Å². The smallest absolute Gasteiger partial charge is 0.271 e. The van der Waals surface area contributed by atoms with Crippen LogP contribution < -0.4 is 10.9 Å². The van der Waals surface area contributed by atoms with Gasteiger partial charge in [-0.25, -0.2) is 4.39 Å². The molecule has 3 aromatic rings. The van der Waals surface area contributed by atoms with Gasteiger partial charge >= 0.3 is 0 Å². The molecule has 0 atom stereocenters. The van der Waals surface area contributed by atoms with Crippen LogP contribution in [0.1, 0.15) is 15.9 Å². The maximum atomic E-state index is 13.6. The van der Waals surface area contributed by atoms with Crippen molar-refractivity contribution in [1.82, 2.24) is 15.4 Å². The van der Waals surface area contributed by atoms with Gasteiger partial charge in [-0.2, -0.15) is 0 Å². The fourth-order valence-corrected chi connectivity index (χ4v) is 2.44. The Morgan fingerprint density at radius 3 is 2.32 bits per heavy atom. The van der Waals surface area contributed by atoms with E-state index in [-0.39, 0.29) is 12.0 Å². The van der Waals surface area contributed by atoms with Gasteiger partial charge in [-0.3, -0.25) is 20.4 Å². The van der Waals surface area contributed by atoms with Crippen molar-refractivity contribution in [2.75, 3.05) is 0 Å². The average Bonchev–Trinajstić information content (AvgIpc) is 3.16. The highest BCUT2D eigenvalue weighted by molar-refractivity contribution is 5.98. The van der Waals surface area contributed by atoms with Crippen LogP contribution >= 0.6 is 0 Å². The van der Waals surface area contributed by atoms with E-state index in [2.05, 4.69) is 10.9 Å². The van der Waals surface area contributed by atoms with Gasteiger partial charge in [0.15, 0.2) is 0 Å². The van der Waals surface area contributed by atoms with Gasteiger partial charge in [0.1, 0.15) is 5.82 Å². The molecule has 126 valence electrons. The lowest BCUT2D eigenvalue weighted by atomic mass is 10.1. The predicted octanol–water partition coefficient (Wildman–Crippen LogP) is 2.62. The minimum absolute atomic E-state index is 0.161. The van der Waals surface area contributed by atoms with Crippen LogP contribution in [0.2, 0.25) is 0 Å². The van der Waals surface area contributed by atoms with Crippen molar-refractivity contribution in [3.63, 3.8) is 0 Å². The molecular formula is C19H16FN3O2. The number of halogens is 1. The molecule has 3 rings (SSSR count). The number of nitrogens with one attached hydrogen (secondary N) is 2. The largest absolute Gasteiger partial charge is 0.323 e. The molecule has 2 aromatic carbocycles. The Balaban J connectivity index is 1.66. The number of hydrogen-bond acceptors (Lipinski definition) is 2. The Bertz CT molecular complexity index is 891. The number of nitrogens with zero attached hydrogens (tertiary/aromatic N) is 1. The highest BCUT2D eigenvalue weighted by Crippen LogP contribution is 2.14. The molecule has 0 aliphatic rings. The Hall–Kier alpha value is -3.41. The fraction of sp³-hybridized carbons (Fsp3) is 0.0526. The molecule has 0 spiro atoms. The van der Waals surface area contributed by atoms with E-state index in [1.54, 1.807) is 34.9 Å². The van der Waals surface area contributed by atoms with E-state index in [1.165, 1.54) is 12.1 Å². The number of carbonyl (C=O) groups is 2. The second-order valence-corrected chi connectivity index (χ2v) is 5.38. The van der Waals surface area contributed by atoms with Gasteiger partial charge in [0.25, 0.3) is 5.91 Å². The fourth-order valence-electron chi connectivity index (χ4n) is 2.44. The first kappa shape index (κ1) is 16.4. The lowest BCUT2D eigenvalue weighted by Gasteiger charge is -2.12. The number of hydrazine groups is 1. The lowest BCUT2D eigenvalue weighted by Crippen LogP contribution is -2.42. The molecule has 0 radical (unpaired) electrons. The Morgan fingerprint density at radius 1 is 0.880 bits per heavy atom. The van der Waals surface area contributed by atoms with Crippen molar-refractivity contribution in [1.29, 1.82) is 0 Å². The van der Waals surface area contributed by atoms with Crippen LogP contribution in [-0.4, -0.2) is 16.4 Å². The van der Waals surface area contributed by atoms with Gasteiger partial charge in [-0.1, -0.05) is 30.3 Å². The summed E-state index contributed by atoms with van der Waals surface area (Å²) in [5.74, 6) is -1.41. The monoisotopic (exact) mass is 337 g/mol. The van der Waals surface area contributed by atoms with Crippen molar-refractivity contribution in [2.45, 2.75) is 6.42 Å². The summed E-state index contributed by atoms with van der Waals surface area (Å²) < 4.78 is 15.4. The molecule has 0 aliphatic carbocycles. The summed E-state index contributed by atoms with van der Waals surface area (Å²) in [6, 6.07) is 16.7. The zero-order valence-corrected chi connectivity index (χ0v) is 13.3. The van der Waals surface area contributed by atoms with E-state index >= 15 is 0 Å². The van der Waals surface area contributed by atoms with Crippen LogP contribution in [0, 0.1) is 5.82 Å². The Kier molecular flexibility index (Phi) is 4.89. The van der Waals surface area contributed by atoms with Crippen LogP contribution in [0.25, 0.3) is 5.69 Å². The zero-order valence-electron chi connectivity index (χ0n) is 13.3. The summed E-state index contributed by atoms with van der Waals surface area (Å²) in [7, 11) is 0. The summed E-state index contributed by atoms with van der Waals surface area (Å²) >= 11 is 0. The molecule has 0 fully saturated rings. The highest BCUT2D eigenvalue weighted by atomic mass is 19.1. The summed E-state index contributed by atoms with van der Waals surface area (Å²) in [6.45, 7) is 0. The molecule has 0 saturated heterocycles. The maximum absolute atomic E-state index is 13.6. The molecular weight excluding hydrogens is 321 g/mol. The van der Waals surface area contributed by atoms with Gasteiger partial charge in [-0.05, 0) is 35.9 Å². The van der Waals surface area contributed by atoms with Crippen molar-refractivity contribution < 1.29 is 14.0 Å². The molecule has 0 aliphatic heterocycles. The van der Waals surface area contributed by atoms with Crippen LogP contribution in [0.4, 0.5) is 4.39 Å². The van der Waals surface area contributed by atoms with E-state index in [4.69, 9.17) is 0 Å². The molecule has 0 bridgehead atoms. The molecule has 1 heterocycles. The first-order valence-corrected chi connectivity index (χ1v) is 7.70. The molecule has 0 saturated carbocycles. The van der Waals surface area contributed by atoms with E-state index in [0.29, 0.717) is 11.3 Å². The minimum Gasteiger partial charge on any atom is -0.323 e. The summed E-state index contributed by atoms with van der Waals surface area (Å²) in [5.41, 5.74) is 6.04. The molecule has 6 heteroatoms. The van der Waals surface area contributed by atoms with Crippen molar-refractivity contribution in [2.24, 2.45) is 0 Å². The van der Waals surface area contributed by atoms with Crippen LogP contribution in [0.5, 0.6) is 0 Å². The Morgan fingerprint density at radius 2 is 1.56 bits per heavy atom. The number of amides is 2. The molecule has 5 nitrogen and oxygen atoms in total. The molecule has 2 amide bonds. The Labute approximate surface area is 144 Å². The molecule has 0 unspecified atom stereocenters. The quantitative estimate of drug-likeness (QED) is 0.719. The van der Waals surface area contributed by atoms with Gasteiger partial charge in [0.2, 0.25) is 5.91 Å². The number of carbonyl (C=O) groups excluding carboxylic acids is 2. The van der Waals surface area contributed by atoms with E-state index in [0.717, 1.165) is 0 Å². The third kappa shape index (κ3) is 3.92. The van der Waals surface area contributed by atoms with E-state index < -0.39 is 17.6 Å². The second kappa shape index (κ2) is 7.44. The van der Waals surface area contributed by atoms with Gasteiger partial charge in [-0.15, -0.1) is 0 Å². The number of aromatic nitrogens is 1. The first-order valence-electron chi connectivity index (χ1n) is 7.70. The summed E-state index contributed by atoms with van der Waals surface area (Å²) in [4.78, 5) is 24.3.